The molecule has 9 heteroatoms. The fourth-order valence-corrected chi connectivity index (χ4v) is 4.83. The summed E-state index contributed by atoms with van der Waals surface area (Å²) in [4.78, 5) is 19.2. The highest BCUT2D eigenvalue weighted by molar-refractivity contribution is 7.89. The van der Waals surface area contributed by atoms with Crippen LogP contribution in [0.1, 0.15) is 28.3 Å². The van der Waals surface area contributed by atoms with Crippen LogP contribution in [0.5, 0.6) is 0 Å². The Balaban J connectivity index is 1.94. The SMILES string of the molecule is CC(c1nc2ccccc2s1)N(C)C(=O)c1cc(S(=O)(=O)N(C)C)ccc1Cl. The molecule has 0 fully saturated rings. The normalized spacial score (nSPS) is 13.1. The molecule has 1 unspecified atom stereocenters. The molecule has 3 aromatic rings. The Kier molecular flexibility index (Phi) is 5.77. The highest BCUT2D eigenvalue weighted by Gasteiger charge is 2.26. The number of hydrogen-bond acceptors (Lipinski definition) is 5. The topological polar surface area (TPSA) is 70.6 Å². The fourth-order valence-electron chi connectivity index (χ4n) is 2.64. The van der Waals surface area contributed by atoms with Gasteiger partial charge in [-0.1, -0.05) is 23.7 Å². The Labute approximate surface area is 173 Å². The first-order valence-electron chi connectivity index (χ1n) is 8.47. The number of sulfonamides is 1. The van der Waals surface area contributed by atoms with Gasteiger partial charge in [0.1, 0.15) is 5.01 Å². The lowest BCUT2D eigenvalue weighted by molar-refractivity contribution is 0.0742. The van der Waals surface area contributed by atoms with Crippen LogP contribution in [0.4, 0.5) is 0 Å². The number of para-hydroxylation sites is 1. The van der Waals surface area contributed by atoms with Crippen LogP contribution in [0, 0.1) is 0 Å². The molecular formula is C19H20ClN3O3S2. The molecule has 2 aromatic carbocycles. The number of fused-ring (bicyclic) bond motifs is 1. The minimum Gasteiger partial charge on any atom is -0.332 e. The Morgan fingerprint density at radius 2 is 1.82 bits per heavy atom. The van der Waals surface area contributed by atoms with Crippen LogP contribution in [0.2, 0.25) is 5.02 Å². The minimum absolute atomic E-state index is 0.0197. The summed E-state index contributed by atoms with van der Waals surface area (Å²) in [5, 5.41) is 0.997. The molecule has 0 N–H and O–H groups in total. The van der Waals surface area contributed by atoms with Gasteiger partial charge in [0.25, 0.3) is 5.91 Å². The molecule has 1 heterocycles. The Hall–Kier alpha value is -2.00. The molecule has 0 saturated carbocycles. The average Bonchev–Trinajstić information content (AvgIpc) is 3.10. The van der Waals surface area contributed by atoms with Gasteiger partial charge in [0.2, 0.25) is 10.0 Å². The maximum atomic E-state index is 13.1. The van der Waals surface area contributed by atoms with Gasteiger partial charge in [-0.05, 0) is 37.3 Å². The summed E-state index contributed by atoms with van der Waals surface area (Å²) in [6.07, 6.45) is 0. The van der Waals surface area contributed by atoms with Gasteiger partial charge in [-0.15, -0.1) is 11.3 Å². The summed E-state index contributed by atoms with van der Waals surface area (Å²) in [6, 6.07) is 11.6. The molecule has 1 atom stereocenters. The van der Waals surface area contributed by atoms with E-state index < -0.39 is 10.0 Å². The Bertz CT molecular complexity index is 1110. The van der Waals surface area contributed by atoms with Gasteiger partial charge in [-0.25, -0.2) is 17.7 Å². The van der Waals surface area contributed by atoms with E-state index >= 15 is 0 Å². The summed E-state index contributed by atoms with van der Waals surface area (Å²) in [5.74, 6) is -0.368. The number of carbonyl (C=O) groups excluding carboxylic acids is 1. The van der Waals surface area contributed by atoms with Crippen LogP contribution in [0.15, 0.2) is 47.4 Å². The molecule has 0 aliphatic heterocycles. The van der Waals surface area contributed by atoms with E-state index in [0.717, 1.165) is 19.5 Å². The molecule has 0 aliphatic rings. The van der Waals surface area contributed by atoms with E-state index in [1.54, 1.807) is 7.05 Å². The van der Waals surface area contributed by atoms with Crippen LogP contribution in [-0.4, -0.2) is 49.7 Å². The van der Waals surface area contributed by atoms with Gasteiger partial charge < -0.3 is 4.90 Å². The fraction of sp³-hybridized carbons (Fsp3) is 0.263. The number of amides is 1. The molecule has 6 nitrogen and oxygen atoms in total. The van der Waals surface area contributed by atoms with Gasteiger partial charge in [-0.3, -0.25) is 4.79 Å². The van der Waals surface area contributed by atoms with E-state index in [1.165, 1.54) is 48.5 Å². The third-order valence-corrected chi connectivity index (χ3v) is 7.86. The van der Waals surface area contributed by atoms with E-state index in [2.05, 4.69) is 4.98 Å². The van der Waals surface area contributed by atoms with E-state index in [1.807, 2.05) is 31.2 Å². The molecule has 1 aromatic heterocycles. The lowest BCUT2D eigenvalue weighted by Crippen LogP contribution is -2.30. The van der Waals surface area contributed by atoms with Crippen molar-refractivity contribution in [3.05, 3.63) is 58.1 Å². The molecule has 0 radical (unpaired) electrons. The van der Waals surface area contributed by atoms with Crippen molar-refractivity contribution in [1.29, 1.82) is 0 Å². The Morgan fingerprint density at radius 3 is 2.46 bits per heavy atom. The van der Waals surface area contributed by atoms with Crippen LogP contribution in [0.25, 0.3) is 10.2 Å². The number of hydrogen-bond donors (Lipinski definition) is 0. The monoisotopic (exact) mass is 437 g/mol. The van der Waals surface area contributed by atoms with Crippen LogP contribution < -0.4 is 0 Å². The number of aromatic nitrogens is 1. The van der Waals surface area contributed by atoms with Gasteiger partial charge in [0.15, 0.2) is 0 Å². The second-order valence-corrected chi connectivity index (χ2v) is 10.2. The zero-order valence-corrected chi connectivity index (χ0v) is 18.3. The largest absolute Gasteiger partial charge is 0.332 e. The predicted molar refractivity (Wildman–Crippen MR) is 112 cm³/mol. The highest BCUT2D eigenvalue weighted by atomic mass is 35.5. The lowest BCUT2D eigenvalue weighted by Gasteiger charge is -2.24. The van der Waals surface area contributed by atoms with Crippen LogP contribution in [-0.2, 0) is 10.0 Å². The van der Waals surface area contributed by atoms with E-state index in [-0.39, 0.29) is 27.4 Å². The van der Waals surface area contributed by atoms with E-state index in [4.69, 9.17) is 11.6 Å². The zero-order valence-electron chi connectivity index (χ0n) is 15.9. The Morgan fingerprint density at radius 1 is 1.14 bits per heavy atom. The van der Waals surface area contributed by atoms with Crippen molar-refractivity contribution in [3.8, 4) is 0 Å². The van der Waals surface area contributed by atoms with Crippen molar-refractivity contribution in [3.63, 3.8) is 0 Å². The lowest BCUT2D eigenvalue weighted by atomic mass is 10.1. The van der Waals surface area contributed by atoms with Crippen molar-refractivity contribution in [2.24, 2.45) is 0 Å². The number of rotatable bonds is 5. The predicted octanol–water partition coefficient (Wildman–Crippen LogP) is 4.03. The molecule has 0 spiro atoms. The first-order chi connectivity index (χ1) is 13.1. The second-order valence-electron chi connectivity index (χ2n) is 6.54. The summed E-state index contributed by atoms with van der Waals surface area (Å²) in [5.41, 5.74) is 1.02. The summed E-state index contributed by atoms with van der Waals surface area (Å²) in [6.45, 7) is 1.88. The number of thiazole rings is 1. The van der Waals surface area contributed by atoms with Crippen LogP contribution in [0.3, 0.4) is 0 Å². The molecule has 0 saturated heterocycles. The average molecular weight is 438 g/mol. The molecule has 0 bridgehead atoms. The zero-order chi connectivity index (χ0) is 20.6. The van der Waals surface area contributed by atoms with Gasteiger partial charge in [0, 0.05) is 21.1 Å². The van der Waals surface area contributed by atoms with Crippen molar-refractivity contribution < 1.29 is 13.2 Å². The summed E-state index contributed by atoms with van der Waals surface area (Å²) < 4.78 is 26.9. The van der Waals surface area contributed by atoms with Crippen molar-refractivity contribution in [1.82, 2.24) is 14.2 Å². The standard InChI is InChI=1S/C19H20ClN3O3S2/c1-12(18-21-16-7-5-6-8-17(16)27-18)23(4)19(24)14-11-13(9-10-15(14)20)28(25,26)22(2)3/h5-12H,1-4H3. The number of benzene rings is 2. The molecule has 148 valence electrons. The maximum Gasteiger partial charge on any atom is 0.255 e. The van der Waals surface area contributed by atoms with E-state index in [9.17, 15) is 13.2 Å². The van der Waals surface area contributed by atoms with Crippen LogP contribution >= 0.6 is 22.9 Å². The van der Waals surface area contributed by atoms with Gasteiger partial charge >= 0.3 is 0 Å². The third-order valence-electron chi connectivity index (χ3n) is 4.52. The summed E-state index contributed by atoms with van der Waals surface area (Å²) >= 11 is 7.73. The van der Waals surface area contributed by atoms with E-state index in [0.29, 0.717) is 0 Å². The highest BCUT2D eigenvalue weighted by Crippen LogP contribution is 2.31. The molecule has 0 aliphatic carbocycles. The minimum atomic E-state index is -3.67. The number of carbonyl (C=O) groups is 1. The molecular weight excluding hydrogens is 418 g/mol. The first kappa shape index (κ1) is 20.7. The number of halogens is 1. The molecule has 3 rings (SSSR count). The number of nitrogens with zero attached hydrogens (tertiary/aromatic N) is 3. The summed E-state index contributed by atoms with van der Waals surface area (Å²) in [7, 11) is 0.858. The quantitative estimate of drug-likeness (QED) is 0.604. The van der Waals surface area contributed by atoms with Crippen molar-refractivity contribution in [2.75, 3.05) is 21.1 Å². The maximum absolute atomic E-state index is 13.1. The molecule has 1 amide bonds. The smallest absolute Gasteiger partial charge is 0.255 e. The third kappa shape index (κ3) is 3.77. The van der Waals surface area contributed by atoms with Gasteiger partial charge in [-0.2, -0.15) is 0 Å². The van der Waals surface area contributed by atoms with Gasteiger partial charge in [0.05, 0.1) is 31.7 Å². The van der Waals surface area contributed by atoms with Crippen molar-refractivity contribution >= 4 is 49.1 Å². The molecule has 28 heavy (non-hydrogen) atoms. The second kappa shape index (κ2) is 7.79. The van der Waals surface area contributed by atoms with Crippen molar-refractivity contribution in [2.45, 2.75) is 17.9 Å². The first-order valence-corrected chi connectivity index (χ1v) is 11.1.